The molecule has 0 atom stereocenters. The number of carbonyl (C=O) groups is 2. The van der Waals surface area contributed by atoms with Gasteiger partial charge in [-0.1, -0.05) is 30.3 Å². The van der Waals surface area contributed by atoms with E-state index in [9.17, 15) is 9.59 Å². The monoisotopic (exact) mass is 432 g/mol. The van der Waals surface area contributed by atoms with Crippen LogP contribution in [0.4, 0.5) is 5.69 Å². The van der Waals surface area contributed by atoms with Crippen LogP contribution in [0.2, 0.25) is 0 Å². The molecule has 6 nitrogen and oxygen atoms in total. The van der Waals surface area contributed by atoms with E-state index in [4.69, 9.17) is 9.47 Å². The van der Waals surface area contributed by atoms with Crippen molar-refractivity contribution in [1.82, 2.24) is 0 Å². The van der Waals surface area contributed by atoms with E-state index in [2.05, 4.69) is 17.0 Å². The quantitative estimate of drug-likeness (QED) is 0.253. The molecule has 0 spiro atoms. The molecule has 0 bridgehead atoms. The number of amides is 1. The zero-order valence-electron chi connectivity index (χ0n) is 18.8. The number of nitrogens with zero attached hydrogens (tertiary/aromatic N) is 1. The van der Waals surface area contributed by atoms with E-state index in [0.29, 0.717) is 22.5 Å². The van der Waals surface area contributed by atoms with Crippen LogP contribution in [-0.2, 0) is 14.3 Å². The fraction of sp³-hybridized carbons (Fsp3) is 0.192. The van der Waals surface area contributed by atoms with Gasteiger partial charge in [-0.15, -0.1) is 0 Å². The predicted molar refractivity (Wildman–Crippen MR) is 130 cm³/mol. The second-order valence-electron chi connectivity index (χ2n) is 6.73. The minimum Gasteiger partial charge on any atom is -0.497 e. The average Bonchev–Trinajstić information content (AvgIpc) is 2.79. The molecule has 0 aliphatic carbocycles. The molecule has 32 heavy (non-hydrogen) atoms. The first-order valence-corrected chi connectivity index (χ1v) is 10.2. The summed E-state index contributed by atoms with van der Waals surface area (Å²) in [5, 5.41) is 2.84. The fourth-order valence-corrected chi connectivity index (χ4v) is 3.07. The van der Waals surface area contributed by atoms with Gasteiger partial charge in [-0.25, -0.2) is 4.79 Å². The molecule has 0 heterocycles. The van der Waals surface area contributed by atoms with Gasteiger partial charge < -0.3 is 14.8 Å². The molecular weight excluding hydrogens is 404 g/mol. The van der Waals surface area contributed by atoms with Gasteiger partial charge in [-0.2, -0.15) is 0 Å². The van der Waals surface area contributed by atoms with E-state index in [1.165, 1.54) is 6.08 Å². The minimum atomic E-state index is -0.415. The largest absolute Gasteiger partial charge is 0.497 e. The van der Waals surface area contributed by atoms with Crippen LogP contribution in [0.5, 0.6) is 5.75 Å². The number of methoxy groups -OCH3 is 1. The maximum Gasteiger partial charge on any atom is 0.338 e. The van der Waals surface area contributed by atoms with Gasteiger partial charge in [0.1, 0.15) is 5.75 Å². The highest BCUT2D eigenvalue weighted by atomic mass is 16.5. The number of allylic oxidation sites excluding steroid dienone is 1. The molecule has 0 fully saturated rings. The van der Waals surface area contributed by atoms with Crippen molar-refractivity contribution in [3.63, 3.8) is 0 Å². The number of benzene rings is 2. The van der Waals surface area contributed by atoms with Gasteiger partial charge in [0.25, 0.3) is 0 Å². The molecule has 6 heteroatoms. The molecule has 0 aliphatic rings. The lowest BCUT2D eigenvalue weighted by molar-refractivity contribution is -0.138. The predicted octanol–water partition coefficient (Wildman–Crippen LogP) is 5.29. The van der Waals surface area contributed by atoms with Crippen molar-refractivity contribution in [2.75, 3.05) is 19.0 Å². The molecule has 0 unspecified atom stereocenters. The lowest BCUT2D eigenvalue weighted by Crippen LogP contribution is -2.10. The van der Waals surface area contributed by atoms with Gasteiger partial charge >= 0.3 is 5.97 Å². The molecule has 1 N–H and O–H groups in total. The molecule has 0 saturated carbocycles. The number of rotatable bonds is 9. The Morgan fingerprint density at radius 2 is 1.88 bits per heavy atom. The number of aliphatic imine (C=N–C) groups is 1. The summed E-state index contributed by atoms with van der Waals surface area (Å²) >= 11 is 0. The number of anilines is 1. The van der Waals surface area contributed by atoms with Gasteiger partial charge in [0, 0.05) is 17.3 Å². The lowest BCUT2D eigenvalue weighted by atomic mass is 10.0. The summed E-state index contributed by atoms with van der Waals surface area (Å²) < 4.78 is 10.3. The lowest BCUT2D eigenvalue weighted by Gasteiger charge is -2.12. The highest BCUT2D eigenvalue weighted by Crippen LogP contribution is 2.27. The van der Waals surface area contributed by atoms with Crippen LogP contribution in [-0.4, -0.2) is 32.3 Å². The average molecular weight is 433 g/mol. The minimum absolute atomic E-state index is 0.271. The SMILES string of the molecule is C=NC(=C(C)C(=CC)C(=O)OCC)c1cccc(NC(=O)C=Cc2ccc(OC)cc2)c1. The van der Waals surface area contributed by atoms with Crippen molar-refractivity contribution in [3.05, 3.63) is 83.0 Å². The van der Waals surface area contributed by atoms with Crippen molar-refractivity contribution in [2.24, 2.45) is 4.99 Å². The van der Waals surface area contributed by atoms with Crippen LogP contribution >= 0.6 is 0 Å². The molecule has 1 amide bonds. The Labute approximate surface area is 189 Å². The number of nitrogens with one attached hydrogen (secondary N) is 1. The smallest absolute Gasteiger partial charge is 0.338 e. The Kier molecular flexibility index (Phi) is 9.17. The molecule has 166 valence electrons. The van der Waals surface area contributed by atoms with Crippen molar-refractivity contribution in [1.29, 1.82) is 0 Å². The zero-order chi connectivity index (χ0) is 23.5. The van der Waals surface area contributed by atoms with Crippen molar-refractivity contribution in [3.8, 4) is 5.75 Å². The first kappa shape index (κ1) is 24.3. The topological polar surface area (TPSA) is 77.0 Å². The third kappa shape index (κ3) is 6.54. The maximum absolute atomic E-state index is 12.4. The summed E-state index contributed by atoms with van der Waals surface area (Å²) in [6.45, 7) is 9.25. The van der Waals surface area contributed by atoms with Gasteiger partial charge in [0.15, 0.2) is 0 Å². The van der Waals surface area contributed by atoms with Crippen molar-refractivity contribution < 1.29 is 19.1 Å². The summed E-state index contributed by atoms with van der Waals surface area (Å²) in [5.41, 5.74) is 3.80. The van der Waals surface area contributed by atoms with Crippen LogP contribution in [0, 0.1) is 0 Å². The number of hydrogen-bond donors (Lipinski definition) is 1. The summed E-state index contributed by atoms with van der Waals surface area (Å²) in [5.74, 6) is 0.0663. The normalized spacial score (nSPS) is 12.2. The Balaban J connectivity index is 2.22. The molecule has 0 radical (unpaired) electrons. The number of ether oxygens (including phenoxy) is 2. The van der Waals surface area contributed by atoms with Crippen molar-refractivity contribution in [2.45, 2.75) is 20.8 Å². The third-order valence-corrected chi connectivity index (χ3v) is 4.65. The van der Waals surface area contributed by atoms with Crippen molar-refractivity contribution >= 4 is 36.1 Å². The Morgan fingerprint density at radius 3 is 2.47 bits per heavy atom. The molecular formula is C26H28N2O4. The van der Waals surface area contributed by atoms with E-state index in [-0.39, 0.29) is 12.5 Å². The van der Waals surface area contributed by atoms with Crippen LogP contribution in [0.1, 0.15) is 31.9 Å². The van der Waals surface area contributed by atoms with Gasteiger partial charge in [-0.3, -0.25) is 9.79 Å². The van der Waals surface area contributed by atoms with Crippen LogP contribution < -0.4 is 10.1 Å². The highest BCUT2D eigenvalue weighted by Gasteiger charge is 2.16. The Hall–Kier alpha value is -3.93. The second kappa shape index (κ2) is 12.1. The summed E-state index contributed by atoms with van der Waals surface area (Å²) in [7, 11) is 1.60. The summed E-state index contributed by atoms with van der Waals surface area (Å²) in [6, 6.07) is 14.6. The Bertz CT molecular complexity index is 1060. The molecule has 2 aromatic rings. The fourth-order valence-electron chi connectivity index (χ4n) is 3.07. The molecule has 2 rings (SSSR count). The molecule has 0 saturated heterocycles. The first-order chi connectivity index (χ1) is 15.4. The standard InChI is InChI=1S/C26H28N2O4/c1-6-23(26(30)32-7-2)18(3)25(27-4)20-9-8-10-21(17-20)28-24(29)16-13-19-11-14-22(31-5)15-12-19/h6,8-17H,4,7H2,1-3,5H3,(H,28,29). The number of carbonyl (C=O) groups excluding carboxylic acids is 2. The molecule has 0 aliphatic heterocycles. The number of esters is 1. The van der Waals surface area contributed by atoms with E-state index in [1.54, 1.807) is 58.2 Å². The molecule has 2 aromatic carbocycles. The summed E-state index contributed by atoms with van der Waals surface area (Å²) in [4.78, 5) is 28.7. The highest BCUT2D eigenvalue weighted by molar-refractivity contribution is 6.02. The van der Waals surface area contributed by atoms with Gasteiger partial charge in [-0.05, 0) is 69.0 Å². The molecule has 0 aromatic heterocycles. The summed E-state index contributed by atoms with van der Waals surface area (Å²) in [6.07, 6.45) is 4.87. The zero-order valence-corrected chi connectivity index (χ0v) is 18.8. The maximum atomic E-state index is 12.4. The second-order valence-corrected chi connectivity index (χ2v) is 6.73. The van der Waals surface area contributed by atoms with Gasteiger partial charge in [0.2, 0.25) is 5.91 Å². The Morgan fingerprint density at radius 1 is 1.16 bits per heavy atom. The van der Waals surface area contributed by atoms with Crippen LogP contribution in [0.3, 0.4) is 0 Å². The van der Waals surface area contributed by atoms with Crippen LogP contribution in [0.25, 0.3) is 11.8 Å². The van der Waals surface area contributed by atoms with E-state index < -0.39 is 5.97 Å². The van der Waals surface area contributed by atoms with E-state index >= 15 is 0 Å². The third-order valence-electron chi connectivity index (χ3n) is 4.65. The number of hydrogen-bond acceptors (Lipinski definition) is 5. The van der Waals surface area contributed by atoms with E-state index in [0.717, 1.165) is 16.9 Å². The van der Waals surface area contributed by atoms with Crippen LogP contribution in [0.15, 0.2) is 76.8 Å². The first-order valence-electron chi connectivity index (χ1n) is 10.2. The van der Waals surface area contributed by atoms with Gasteiger partial charge in [0.05, 0.1) is 25.0 Å². The van der Waals surface area contributed by atoms with E-state index in [1.807, 2.05) is 30.3 Å².